The fourth-order valence-corrected chi connectivity index (χ4v) is 2.16. The van der Waals surface area contributed by atoms with E-state index in [1.165, 1.54) is 4.90 Å². The molecule has 0 unspecified atom stereocenters. The van der Waals surface area contributed by atoms with Gasteiger partial charge in [0.05, 0.1) is 13.5 Å². The molecule has 6 nitrogen and oxygen atoms in total. The summed E-state index contributed by atoms with van der Waals surface area (Å²) >= 11 is 0. The summed E-state index contributed by atoms with van der Waals surface area (Å²) in [7, 11) is 4.91. The highest BCUT2D eigenvalue weighted by molar-refractivity contribution is 5.92. The second-order valence-corrected chi connectivity index (χ2v) is 5.64. The molecule has 2 aromatic rings. The van der Waals surface area contributed by atoms with Crippen LogP contribution in [0.4, 0.5) is 5.69 Å². The number of hydrogen-bond acceptors (Lipinski definition) is 4. The standard InChI is InChI=1S/C19H22N2O4/c1-21(2)19(23)13-25-16-9-6-8-15(12-16)20-18(22)11-14-7-4-5-10-17(14)24-3/h4-10,12H,11,13H2,1-3H3,(H,20,22). The third kappa shape index (κ3) is 5.53. The number of hydrogen-bond donors (Lipinski definition) is 1. The molecule has 0 aliphatic heterocycles. The molecule has 0 aromatic heterocycles. The molecule has 0 radical (unpaired) electrons. The number of para-hydroxylation sites is 1. The third-order valence-electron chi connectivity index (χ3n) is 3.52. The maximum absolute atomic E-state index is 12.2. The van der Waals surface area contributed by atoms with Crippen LogP contribution in [0.5, 0.6) is 11.5 Å². The van der Waals surface area contributed by atoms with E-state index in [1.54, 1.807) is 45.5 Å². The monoisotopic (exact) mass is 342 g/mol. The van der Waals surface area contributed by atoms with Crippen molar-refractivity contribution in [2.24, 2.45) is 0 Å². The number of carbonyl (C=O) groups excluding carboxylic acids is 2. The molecule has 1 N–H and O–H groups in total. The SMILES string of the molecule is COc1ccccc1CC(=O)Nc1cccc(OCC(=O)N(C)C)c1. The quantitative estimate of drug-likeness (QED) is 0.839. The number of carbonyl (C=O) groups is 2. The summed E-state index contributed by atoms with van der Waals surface area (Å²) in [6, 6.07) is 14.3. The largest absolute Gasteiger partial charge is 0.496 e. The van der Waals surface area contributed by atoms with Crippen LogP contribution in [0.3, 0.4) is 0 Å². The second kappa shape index (κ2) is 8.73. The predicted octanol–water partition coefficient (Wildman–Crippen LogP) is 2.34. The number of ether oxygens (including phenoxy) is 2. The van der Waals surface area contributed by atoms with Crippen molar-refractivity contribution in [2.75, 3.05) is 33.1 Å². The number of methoxy groups -OCH3 is 1. The lowest BCUT2D eigenvalue weighted by atomic mass is 10.1. The zero-order chi connectivity index (χ0) is 18.2. The molecule has 132 valence electrons. The van der Waals surface area contributed by atoms with Crippen LogP contribution in [0.25, 0.3) is 0 Å². The van der Waals surface area contributed by atoms with Crippen molar-refractivity contribution in [2.45, 2.75) is 6.42 Å². The van der Waals surface area contributed by atoms with Gasteiger partial charge in [-0.25, -0.2) is 0 Å². The van der Waals surface area contributed by atoms with Gasteiger partial charge in [0.2, 0.25) is 5.91 Å². The predicted molar refractivity (Wildman–Crippen MR) is 96.0 cm³/mol. The number of likely N-dealkylation sites (N-methyl/N-ethyl adjacent to an activating group) is 1. The van der Waals surface area contributed by atoms with Crippen molar-refractivity contribution in [1.82, 2.24) is 4.90 Å². The summed E-state index contributed by atoms with van der Waals surface area (Å²) in [6.07, 6.45) is 0.203. The zero-order valence-corrected chi connectivity index (χ0v) is 14.6. The summed E-state index contributed by atoms with van der Waals surface area (Å²) < 4.78 is 10.7. The van der Waals surface area contributed by atoms with E-state index in [1.807, 2.05) is 24.3 Å². The maximum Gasteiger partial charge on any atom is 0.259 e. The molecule has 0 saturated carbocycles. The second-order valence-electron chi connectivity index (χ2n) is 5.64. The molecule has 0 fully saturated rings. The molecule has 25 heavy (non-hydrogen) atoms. The Balaban J connectivity index is 1.97. The van der Waals surface area contributed by atoms with E-state index in [4.69, 9.17) is 9.47 Å². The first-order chi connectivity index (χ1) is 12.0. The van der Waals surface area contributed by atoms with Crippen molar-refractivity contribution < 1.29 is 19.1 Å². The number of rotatable bonds is 7. The highest BCUT2D eigenvalue weighted by atomic mass is 16.5. The van der Waals surface area contributed by atoms with E-state index in [9.17, 15) is 9.59 Å². The van der Waals surface area contributed by atoms with Crippen LogP contribution in [0.1, 0.15) is 5.56 Å². The van der Waals surface area contributed by atoms with E-state index in [-0.39, 0.29) is 24.8 Å². The molecular weight excluding hydrogens is 320 g/mol. The molecule has 0 aliphatic carbocycles. The summed E-state index contributed by atoms with van der Waals surface area (Å²) in [6.45, 7) is -0.0500. The highest BCUT2D eigenvalue weighted by Gasteiger charge is 2.10. The fourth-order valence-electron chi connectivity index (χ4n) is 2.16. The Bertz CT molecular complexity index is 744. The number of nitrogens with one attached hydrogen (secondary N) is 1. The molecule has 0 aliphatic rings. The first-order valence-corrected chi connectivity index (χ1v) is 7.84. The average Bonchev–Trinajstić information content (AvgIpc) is 2.60. The van der Waals surface area contributed by atoms with Crippen LogP contribution in [0.2, 0.25) is 0 Å². The van der Waals surface area contributed by atoms with Crippen molar-refractivity contribution in [3.05, 3.63) is 54.1 Å². The van der Waals surface area contributed by atoms with Gasteiger partial charge in [-0.3, -0.25) is 9.59 Å². The lowest BCUT2D eigenvalue weighted by molar-refractivity contribution is -0.130. The van der Waals surface area contributed by atoms with Crippen molar-refractivity contribution in [3.63, 3.8) is 0 Å². The van der Waals surface area contributed by atoms with Crippen LogP contribution in [-0.2, 0) is 16.0 Å². The molecule has 2 rings (SSSR count). The topological polar surface area (TPSA) is 67.9 Å². The van der Waals surface area contributed by atoms with Gasteiger partial charge < -0.3 is 19.7 Å². The molecular formula is C19H22N2O4. The Morgan fingerprint density at radius 2 is 1.84 bits per heavy atom. The van der Waals surface area contributed by atoms with Crippen LogP contribution in [0.15, 0.2) is 48.5 Å². The summed E-state index contributed by atoms with van der Waals surface area (Å²) in [5.41, 5.74) is 1.42. The number of anilines is 1. The lowest BCUT2D eigenvalue weighted by Gasteiger charge is -2.12. The molecule has 0 saturated heterocycles. The minimum Gasteiger partial charge on any atom is -0.496 e. The van der Waals surface area contributed by atoms with Gasteiger partial charge in [0.25, 0.3) is 5.91 Å². The Morgan fingerprint density at radius 3 is 2.56 bits per heavy atom. The third-order valence-corrected chi connectivity index (χ3v) is 3.52. The zero-order valence-electron chi connectivity index (χ0n) is 14.6. The first-order valence-electron chi connectivity index (χ1n) is 7.84. The summed E-state index contributed by atoms with van der Waals surface area (Å²) in [4.78, 5) is 25.3. The Hall–Kier alpha value is -3.02. The van der Waals surface area contributed by atoms with Crippen LogP contribution >= 0.6 is 0 Å². The molecule has 6 heteroatoms. The average molecular weight is 342 g/mol. The van der Waals surface area contributed by atoms with Gasteiger partial charge in [0, 0.05) is 31.4 Å². The minimum atomic E-state index is -0.161. The van der Waals surface area contributed by atoms with E-state index < -0.39 is 0 Å². The van der Waals surface area contributed by atoms with Gasteiger partial charge in [-0.05, 0) is 18.2 Å². The van der Waals surface area contributed by atoms with Gasteiger partial charge in [0.15, 0.2) is 6.61 Å². The molecule has 0 heterocycles. The highest BCUT2D eigenvalue weighted by Crippen LogP contribution is 2.20. The fraction of sp³-hybridized carbons (Fsp3) is 0.263. The van der Waals surface area contributed by atoms with E-state index in [0.717, 1.165) is 5.56 Å². The normalized spacial score (nSPS) is 10.0. The van der Waals surface area contributed by atoms with Crippen molar-refractivity contribution >= 4 is 17.5 Å². The van der Waals surface area contributed by atoms with Gasteiger partial charge in [-0.2, -0.15) is 0 Å². The number of nitrogens with zero attached hydrogens (tertiary/aromatic N) is 1. The van der Waals surface area contributed by atoms with E-state index >= 15 is 0 Å². The van der Waals surface area contributed by atoms with Gasteiger partial charge in [-0.15, -0.1) is 0 Å². The van der Waals surface area contributed by atoms with Crippen LogP contribution < -0.4 is 14.8 Å². The molecule has 0 bridgehead atoms. The van der Waals surface area contributed by atoms with Gasteiger partial charge in [-0.1, -0.05) is 24.3 Å². The lowest BCUT2D eigenvalue weighted by Crippen LogP contribution is -2.27. The maximum atomic E-state index is 12.2. The Morgan fingerprint density at radius 1 is 1.08 bits per heavy atom. The smallest absolute Gasteiger partial charge is 0.259 e. The van der Waals surface area contributed by atoms with Crippen molar-refractivity contribution in [1.29, 1.82) is 0 Å². The van der Waals surface area contributed by atoms with Gasteiger partial charge in [0.1, 0.15) is 11.5 Å². The van der Waals surface area contributed by atoms with E-state index in [2.05, 4.69) is 5.32 Å². The van der Waals surface area contributed by atoms with E-state index in [0.29, 0.717) is 17.2 Å². The molecule has 0 spiro atoms. The first kappa shape index (κ1) is 18.3. The Labute approximate surface area is 147 Å². The number of benzene rings is 2. The number of amides is 2. The summed E-state index contributed by atoms with van der Waals surface area (Å²) in [5, 5.41) is 2.82. The summed E-state index contributed by atoms with van der Waals surface area (Å²) in [5.74, 6) is 0.902. The van der Waals surface area contributed by atoms with Crippen LogP contribution in [0, 0.1) is 0 Å². The molecule has 2 amide bonds. The molecule has 0 atom stereocenters. The van der Waals surface area contributed by atoms with Gasteiger partial charge >= 0.3 is 0 Å². The minimum absolute atomic E-state index is 0.0500. The molecule has 2 aromatic carbocycles. The van der Waals surface area contributed by atoms with Crippen LogP contribution in [-0.4, -0.2) is 44.5 Å². The Kier molecular flexibility index (Phi) is 6.39. The van der Waals surface area contributed by atoms with Crippen molar-refractivity contribution in [3.8, 4) is 11.5 Å².